The van der Waals surface area contributed by atoms with E-state index in [1.165, 1.54) is 0 Å². The molecule has 31 heavy (non-hydrogen) atoms. The lowest BCUT2D eigenvalue weighted by Crippen LogP contribution is -2.39. The van der Waals surface area contributed by atoms with E-state index in [0.717, 1.165) is 28.3 Å². The van der Waals surface area contributed by atoms with E-state index in [9.17, 15) is 4.79 Å². The van der Waals surface area contributed by atoms with Crippen LogP contribution in [0.1, 0.15) is 17.8 Å². The summed E-state index contributed by atoms with van der Waals surface area (Å²) >= 11 is 6.11. The van der Waals surface area contributed by atoms with Crippen LogP contribution >= 0.6 is 11.6 Å². The van der Waals surface area contributed by atoms with Crippen molar-refractivity contribution >= 4 is 29.2 Å². The third-order valence-electron chi connectivity index (χ3n) is 4.85. The van der Waals surface area contributed by atoms with Crippen LogP contribution < -0.4 is 10.6 Å². The van der Waals surface area contributed by atoms with Crippen molar-refractivity contribution in [2.75, 3.05) is 26.0 Å². The number of anilines is 1. The minimum absolute atomic E-state index is 0.0884. The van der Waals surface area contributed by atoms with E-state index in [4.69, 9.17) is 11.6 Å². The van der Waals surface area contributed by atoms with E-state index in [2.05, 4.69) is 25.6 Å². The SMILES string of the molecule is CN=C(NCCC(=O)Nc1cccc(Cl)c1C)N(C)Cc1ncc(-c2ccccc2)[nH]1. The summed E-state index contributed by atoms with van der Waals surface area (Å²) in [6.45, 7) is 2.89. The van der Waals surface area contributed by atoms with E-state index in [-0.39, 0.29) is 5.91 Å². The fourth-order valence-corrected chi connectivity index (χ4v) is 3.31. The number of amides is 1. The van der Waals surface area contributed by atoms with Gasteiger partial charge in [0.15, 0.2) is 5.96 Å². The number of aliphatic imine (C=N–C) groups is 1. The fraction of sp³-hybridized carbons (Fsp3) is 0.261. The molecule has 0 aliphatic heterocycles. The molecule has 3 rings (SSSR count). The second-order valence-electron chi connectivity index (χ2n) is 7.15. The van der Waals surface area contributed by atoms with Crippen LogP contribution in [-0.4, -0.2) is 47.4 Å². The number of carbonyl (C=O) groups is 1. The highest BCUT2D eigenvalue weighted by atomic mass is 35.5. The summed E-state index contributed by atoms with van der Waals surface area (Å²) in [5.74, 6) is 1.43. The molecule has 0 aliphatic rings. The molecule has 0 radical (unpaired) electrons. The maximum Gasteiger partial charge on any atom is 0.226 e. The largest absolute Gasteiger partial charge is 0.356 e. The molecule has 0 spiro atoms. The Hall–Kier alpha value is -3.32. The average Bonchev–Trinajstić information content (AvgIpc) is 3.23. The quantitative estimate of drug-likeness (QED) is 0.383. The molecule has 1 heterocycles. The highest BCUT2D eigenvalue weighted by molar-refractivity contribution is 6.31. The molecule has 8 heteroatoms. The van der Waals surface area contributed by atoms with Crippen molar-refractivity contribution in [3.05, 3.63) is 71.1 Å². The van der Waals surface area contributed by atoms with Gasteiger partial charge >= 0.3 is 0 Å². The zero-order valence-electron chi connectivity index (χ0n) is 17.9. The van der Waals surface area contributed by atoms with Crippen molar-refractivity contribution in [1.29, 1.82) is 0 Å². The maximum atomic E-state index is 12.3. The van der Waals surface area contributed by atoms with Crippen molar-refractivity contribution in [2.24, 2.45) is 4.99 Å². The number of nitrogens with one attached hydrogen (secondary N) is 3. The Kier molecular flexibility index (Phi) is 7.67. The van der Waals surface area contributed by atoms with Gasteiger partial charge in [-0.05, 0) is 30.2 Å². The topological polar surface area (TPSA) is 85.4 Å². The number of imidazole rings is 1. The molecule has 0 fully saturated rings. The predicted octanol–water partition coefficient (Wildman–Crippen LogP) is 4.07. The van der Waals surface area contributed by atoms with Crippen LogP contribution in [0, 0.1) is 6.92 Å². The van der Waals surface area contributed by atoms with Gasteiger partial charge in [-0.25, -0.2) is 4.98 Å². The standard InChI is InChI=1S/C23H27ClN6O/c1-16-18(24)10-7-11-19(16)29-22(31)12-13-26-23(25-2)30(3)15-21-27-14-20(28-21)17-8-5-4-6-9-17/h4-11,14H,12-13,15H2,1-3H3,(H,25,26)(H,27,28)(H,29,31). The van der Waals surface area contributed by atoms with Crippen molar-refractivity contribution in [1.82, 2.24) is 20.2 Å². The molecule has 1 amide bonds. The van der Waals surface area contributed by atoms with Crippen LogP contribution in [-0.2, 0) is 11.3 Å². The van der Waals surface area contributed by atoms with Crippen molar-refractivity contribution < 1.29 is 4.79 Å². The van der Waals surface area contributed by atoms with Crippen molar-refractivity contribution in [3.8, 4) is 11.3 Å². The van der Waals surface area contributed by atoms with E-state index in [1.54, 1.807) is 13.1 Å². The molecular weight excluding hydrogens is 412 g/mol. The Bertz CT molecular complexity index is 1050. The summed E-state index contributed by atoms with van der Waals surface area (Å²) in [5.41, 5.74) is 3.65. The monoisotopic (exact) mass is 438 g/mol. The van der Waals surface area contributed by atoms with E-state index in [1.807, 2.05) is 67.5 Å². The number of guanidine groups is 1. The predicted molar refractivity (Wildman–Crippen MR) is 126 cm³/mol. The van der Waals surface area contributed by atoms with E-state index < -0.39 is 0 Å². The zero-order valence-corrected chi connectivity index (χ0v) is 18.7. The number of rotatable bonds is 7. The number of H-pyrrole nitrogens is 1. The minimum atomic E-state index is -0.0884. The van der Waals surface area contributed by atoms with Gasteiger partial charge in [-0.2, -0.15) is 0 Å². The first-order valence-electron chi connectivity index (χ1n) is 10.0. The Morgan fingerprint density at radius 3 is 2.71 bits per heavy atom. The van der Waals surface area contributed by atoms with Crippen LogP contribution in [0.25, 0.3) is 11.3 Å². The van der Waals surface area contributed by atoms with Gasteiger partial charge in [0, 0.05) is 37.8 Å². The van der Waals surface area contributed by atoms with Gasteiger partial charge in [0.05, 0.1) is 18.4 Å². The van der Waals surface area contributed by atoms with Gasteiger partial charge in [-0.15, -0.1) is 0 Å². The molecule has 3 N–H and O–H groups in total. The minimum Gasteiger partial charge on any atom is -0.356 e. The Balaban J connectivity index is 1.49. The third kappa shape index (κ3) is 6.08. The van der Waals surface area contributed by atoms with Gasteiger partial charge in [0.1, 0.15) is 5.82 Å². The summed E-state index contributed by atoms with van der Waals surface area (Å²) in [5, 5.41) is 6.75. The summed E-state index contributed by atoms with van der Waals surface area (Å²) in [6, 6.07) is 15.5. The van der Waals surface area contributed by atoms with E-state index >= 15 is 0 Å². The van der Waals surface area contributed by atoms with Crippen molar-refractivity contribution in [3.63, 3.8) is 0 Å². The Labute approximate surface area is 187 Å². The summed E-state index contributed by atoms with van der Waals surface area (Å²) < 4.78 is 0. The lowest BCUT2D eigenvalue weighted by molar-refractivity contribution is -0.116. The number of aromatic nitrogens is 2. The molecule has 0 bridgehead atoms. The Morgan fingerprint density at radius 1 is 1.19 bits per heavy atom. The number of benzene rings is 2. The summed E-state index contributed by atoms with van der Waals surface area (Å²) in [7, 11) is 3.64. The van der Waals surface area contributed by atoms with Crippen molar-refractivity contribution in [2.45, 2.75) is 19.9 Å². The molecule has 0 aliphatic carbocycles. The van der Waals surface area contributed by atoms with Crippen LogP contribution in [0.2, 0.25) is 5.02 Å². The second-order valence-corrected chi connectivity index (χ2v) is 7.56. The Morgan fingerprint density at radius 2 is 1.97 bits per heavy atom. The summed E-state index contributed by atoms with van der Waals surface area (Å²) in [4.78, 5) is 26.3. The van der Waals surface area contributed by atoms with Gasteiger partial charge in [0.25, 0.3) is 0 Å². The molecular formula is C23H27ClN6O. The van der Waals surface area contributed by atoms with Gasteiger partial charge < -0.3 is 20.5 Å². The lowest BCUT2D eigenvalue weighted by atomic mass is 10.2. The van der Waals surface area contributed by atoms with Gasteiger partial charge in [-0.3, -0.25) is 9.79 Å². The lowest BCUT2D eigenvalue weighted by Gasteiger charge is -2.21. The maximum absolute atomic E-state index is 12.3. The molecule has 0 atom stereocenters. The van der Waals surface area contributed by atoms with E-state index in [0.29, 0.717) is 30.5 Å². The molecule has 7 nitrogen and oxygen atoms in total. The third-order valence-corrected chi connectivity index (χ3v) is 5.26. The van der Waals surface area contributed by atoms with Crippen LogP contribution in [0.4, 0.5) is 5.69 Å². The van der Waals surface area contributed by atoms with Crippen LogP contribution in [0.3, 0.4) is 0 Å². The molecule has 2 aromatic carbocycles. The molecule has 0 saturated heterocycles. The first-order valence-corrected chi connectivity index (χ1v) is 10.4. The van der Waals surface area contributed by atoms with Crippen LogP contribution in [0.15, 0.2) is 59.7 Å². The smallest absolute Gasteiger partial charge is 0.226 e. The molecule has 162 valence electrons. The molecule has 1 aromatic heterocycles. The first-order chi connectivity index (χ1) is 15.0. The fourth-order valence-electron chi connectivity index (χ4n) is 3.13. The highest BCUT2D eigenvalue weighted by Crippen LogP contribution is 2.23. The number of aromatic amines is 1. The normalized spacial score (nSPS) is 11.3. The number of carbonyl (C=O) groups excluding carboxylic acids is 1. The number of hydrogen-bond acceptors (Lipinski definition) is 3. The molecule has 0 unspecified atom stereocenters. The first kappa shape index (κ1) is 22.4. The molecule has 0 saturated carbocycles. The number of nitrogens with zero attached hydrogens (tertiary/aromatic N) is 3. The average molecular weight is 439 g/mol. The summed E-state index contributed by atoms with van der Waals surface area (Å²) in [6.07, 6.45) is 2.13. The zero-order chi connectivity index (χ0) is 22.2. The number of halogens is 1. The van der Waals surface area contributed by atoms with Crippen LogP contribution in [0.5, 0.6) is 0 Å². The highest BCUT2D eigenvalue weighted by Gasteiger charge is 2.11. The molecule has 3 aromatic rings. The van der Waals surface area contributed by atoms with Gasteiger partial charge in [-0.1, -0.05) is 48.0 Å². The number of hydrogen-bond donors (Lipinski definition) is 3. The second kappa shape index (κ2) is 10.6. The van der Waals surface area contributed by atoms with Gasteiger partial charge in [0.2, 0.25) is 5.91 Å².